The maximum Gasteiger partial charge on any atom is 0.157 e. The van der Waals surface area contributed by atoms with Gasteiger partial charge in [0.15, 0.2) is 6.29 Å². The lowest BCUT2D eigenvalue weighted by atomic mass is 10.3. The minimum Gasteiger partial charge on any atom is -0.353 e. The van der Waals surface area contributed by atoms with Crippen molar-refractivity contribution in [3.63, 3.8) is 0 Å². The van der Waals surface area contributed by atoms with Crippen molar-refractivity contribution in [1.82, 2.24) is 0 Å². The Balaban J connectivity index is 3.07. The quantitative estimate of drug-likeness (QED) is 0.397. The largest absolute Gasteiger partial charge is 0.353 e. The molecule has 0 saturated heterocycles. The topological polar surface area (TPSA) is 18.5 Å². The molecule has 0 bridgehead atoms. The van der Waals surface area contributed by atoms with Crippen molar-refractivity contribution in [2.24, 2.45) is 0 Å². The Morgan fingerprint density at radius 1 is 0.857 bits per heavy atom. The van der Waals surface area contributed by atoms with Crippen LogP contribution in [0.1, 0.15) is 52.4 Å². The Labute approximate surface area is 89.0 Å². The van der Waals surface area contributed by atoms with Gasteiger partial charge in [0.2, 0.25) is 0 Å². The van der Waals surface area contributed by atoms with Crippen LogP contribution in [0.2, 0.25) is 0 Å². The summed E-state index contributed by atoms with van der Waals surface area (Å²) in [5.74, 6) is 0. The summed E-state index contributed by atoms with van der Waals surface area (Å²) in [6.45, 7) is 9.70. The number of rotatable bonds is 10. The van der Waals surface area contributed by atoms with Crippen molar-refractivity contribution in [3.8, 4) is 0 Å². The highest BCUT2D eigenvalue weighted by atomic mass is 16.7. The van der Waals surface area contributed by atoms with Gasteiger partial charge < -0.3 is 9.47 Å². The first-order valence-electron chi connectivity index (χ1n) is 5.87. The second-order valence-corrected chi connectivity index (χ2v) is 3.59. The zero-order valence-corrected chi connectivity index (χ0v) is 9.76. The van der Waals surface area contributed by atoms with Crippen LogP contribution in [0.25, 0.3) is 0 Å². The van der Waals surface area contributed by atoms with Crippen LogP contribution in [0.4, 0.5) is 0 Å². The molecule has 0 aliphatic rings. The molecule has 2 heteroatoms. The first-order chi connectivity index (χ1) is 6.81. The van der Waals surface area contributed by atoms with E-state index in [1.165, 1.54) is 25.7 Å². The lowest BCUT2D eigenvalue weighted by molar-refractivity contribution is -0.114. The summed E-state index contributed by atoms with van der Waals surface area (Å²) in [5, 5.41) is 0. The fraction of sp³-hybridized carbons (Fsp3) is 0.917. The van der Waals surface area contributed by atoms with Crippen LogP contribution in [0.5, 0.6) is 0 Å². The number of hydrogen-bond acceptors (Lipinski definition) is 2. The van der Waals surface area contributed by atoms with Gasteiger partial charge in [-0.05, 0) is 12.8 Å². The van der Waals surface area contributed by atoms with E-state index in [0.29, 0.717) is 0 Å². The molecule has 2 nitrogen and oxygen atoms in total. The molecular formula is C12H25O2. The SMILES string of the molecule is [CH2]C(OCCCCC)OCCCCC. The molecule has 0 aromatic heterocycles. The molecule has 0 rings (SSSR count). The van der Waals surface area contributed by atoms with Gasteiger partial charge in [-0.3, -0.25) is 0 Å². The molecular weight excluding hydrogens is 176 g/mol. The maximum absolute atomic E-state index is 5.39. The molecule has 0 saturated carbocycles. The molecule has 0 aromatic carbocycles. The van der Waals surface area contributed by atoms with Gasteiger partial charge in [0.05, 0.1) is 0 Å². The van der Waals surface area contributed by atoms with Crippen LogP contribution < -0.4 is 0 Å². The first-order valence-corrected chi connectivity index (χ1v) is 5.87. The Kier molecular flexibility index (Phi) is 10.9. The van der Waals surface area contributed by atoms with E-state index in [1.54, 1.807) is 0 Å². The molecule has 0 fully saturated rings. The summed E-state index contributed by atoms with van der Waals surface area (Å²) in [6.07, 6.45) is 6.85. The van der Waals surface area contributed by atoms with Gasteiger partial charge in [-0.1, -0.05) is 39.5 Å². The monoisotopic (exact) mass is 201 g/mol. The summed E-state index contributed by atoms with van der Waals surface area (Å²) < 4.78 is 10.8. The van der Waals surface area contributed by atoms with Gasteiger partial charge in [0, 0.05) is 20.1 Å². The molecule has 14 heavy (non-hydrogen) atoms. The Morgan fingerprint density at radius 3 is 1.64 bits per heavy atom. The highest BCUT2D eigenvalue weighted by Crippen LogP contribution is 2.01. The average Bonchev–Trinajstić information content (AvgIpc) is 2.19. The standard InChI is InChI=1S/C12H25O2/c1-4-6-8-10-13-12(3)14-11-9-7-5-2/h12H,3-11H2,1-2H3. The third-order valence-electron chi connectivity index (χ3n) is 2.10. The molecule has 1 radical (unpaired) electrons. The van der Waals surface area contributed by atoms with E-state index >= 15 is 0 Å². The van der Waals surface area contributed by atoms with Crippen LogP contribution in [-0.2, 0) is 9.47 Å². The molecule has 0 unspecified atom stereocenters. The van der Waals surface area contributed by atoms with E-state index in [2.05, 4.69) is 20.8 Å². The van der Waals surface area contributed by atoms with Gasteiger partial charge in [-0.15, -0.1) is 0 Å². The van der Waals surface area contributed by atoms with Crippen molar-refractivity contribution in [3.05, 3.63) is 6.92 Å². The second-order valence-electron chi connectivity index (χ2n) is 3.59. The van der Waals surface area contributed by atoms with Crippen LogP contribution >= 0.6 is 0 Å². The summed E-state index contributed by atoms with van der Waals surface area (Å²) >= 11 is 0. The number of ether oxygens (including phenoxy) is 2. The van der Waals surface area contributed by atoms with Crippen molar-refractivity contribution in [2.45, 2.75) is 58.7 Å². The molecule has 0 aliphatic carbocycles. The molecule has 0 atom stereocenters. The summed E-state index contributed by atoms with van der Waals surface area (Å²) in [7, 11) is 0. The molecule has 0 amide bonds. The van der Waals surface area contributed by atoms with Gasteiger partial charge in [0.1, 0.15) is 0 Å². The van der Waals surface area contributed by atoms with Gasteiger partial charge in [-0.25, -0.2) is 0 Å². The van der Waals surface area contributed by atoms with Crippen LogP contribution in [-0.4, -0.2) is 19.5 Å². The molecule has 85 valence electrons. The predicted molar refractivity (Wildman–Crippen MR) is 60.1 cm³/mol. The summed E-state index contributed by atoms with van der Waals surface area (Å²) in [4.78, 5) is 0. The highest BCUT2D eigenvalue weighted by Gasteiger charge is 2.00. The highest BCUT2D eigenvalue weighted by molar-refractivity contribution is 4.47. The van der Waals surface area contributed by atoms with E-state index < -0.39 is 0 Å². The van der Waals surface area contributed by atoms with Crippen molar-refractivity contribution in [2.75, 3.05) is 13.2 Å². The Morgan fingerprint density at radius 2 is 1.29 bits per heavy atom. The van der Waals surface area contributed by atoms with Crippen LogP contribution in [0.15, 0.2) is 0 Å². The normalized spacial score (nSPS) is 11.1. The average molecular weight is 201 g/mol. The summed E-state index contributed by atoms with van der Waals surface area (Å²) in [5.41, 5.74) is 0. The second kappa shape index (κ2) is 11.0. The zero-order valence-electron chi connectivity index (χ0n) is 9.76. The number of unbranched alkanes of at least 4 members (excludes halogenated alkanes) is 4. The van der Waals surface area contributed by atoms with E-state index in [-0.39, 0.29) is 6.29 Å². The minimum absolute atomic E-state index is 0.274. The summed E-state index contributed by atoms with van der Waals surface area (Å²) in [6, 6.07) is 0. The Hall–Kier alpha value is -0.0800. The lowest BCUT2D eigenvalue weighted by Crippen LogP contribution is -2.14. The molecule has 0 heterocycles. The van der Waals surface area contributed by atoms with Gasteiger partial charge in [-0.2, -0.15) is 0 Å². The molecule has 0 aromatic rings. The third-order valence-corrected chi connectivity index (χ3v) is 2.10. The molecule has 0 spiro atoms. The first kappa shape index (κ1) is 13.9. The van der Waals surface area contributed by atoms with Gasteiger partial charge >= 0.3 is 0 Å². The third kappa shape index (κ3) is 10.0. The zero-order chi connectivity index (χ0) is 10.6. The molecule has 0 N–H and O–H groups in total. The fourth-order valence-electron chi connectivity index (χ4n) is 1.18. The molecule has 0 aliphatic heterocycles. The Bertz CT molecular complexity index is 92.5. The van der Waals surface area contributed by atoms with Crippen LogP contribution in [0.3, 0.4) is 0 Å². The van der Waals surface area contributed by atoms with Gasteiger partial charge in [0.25, 0.3) is 0 Å². The van der Waals surface area contributed by atoms with E-state index in [1.807, 2.05) is 0 Å². The minimum atomic E-state index is -0.274. The smallest absolute Gasteiger partial charge is 0.157 e. The van der Waals surface area contributed by atoms with E-state index in [0.717, 1.165) is 26.1 Å². The number of hydrogen-bond donors (Lipinski definition) is 0. The van der Waals surface area contributed by atoms with E-state index in [4.69, 9.17) is 9.47 Å². The lowest BCUT2D eigenvalue weighted by Gasteiger charge is -2.13. The maximum atomic E-state index is 5.39. The predicted octanol–water partition coefficient (Wildman–Crippen LogP) is 3.56. The van der Waals surface area contributed by atoms with E-state index in [9.17, 15) is 0 Å². The van der Waals surface area contributed by atoms with Crippen LogP contribution in [0, 0.1) is 6.92 Å². The van der Waals surface area contributed by atoms with Crippen molar-refractivity contribution >= 4 is 0 Å². The fourth-order valence-corrected chi connectivity index (χ4v) is 1.18. The van der Waals surface area contributed by atoms with Crippen molar-refractivity contribution in [1.29, 1.82) is 0 Å². The van der Waals surface area contributed by atoms with Crippen molar-refractivity contribution < 1.29 is 9.47 Å².